The van der Waals surface area contributed by atoms with Crippen LogP contribution in [0.1, 0.15) is 59.3 Å². The van der Waals surface area contributed by atoms with Crippen LogP contribution in [0.15, 0.2) is 0 Å². The van der Waals surface area contributed by atoms with Gasteiger partial charge >= 0.3 is 6.03 Å². The normalized spacial score (nSPS) is 40.3. The second-order valence-corrected chi connectivity index (χ2v) is 8.48. The predicted molar refractivity (Wildman–Crippen MR) is 76.9 cm³/mol. The number of rotatable bonds is 2. The zero-order valence-corrected chi connectivity index (χ0v) is 12.6. The van der Waals surface area contributed by atoms with Crippen LogP contribution in [0.3, 0.4) is 0 Å². The summed E-state index contributed by atoms with van der Waals surface area (Å²) in [5, 5.41) is 6.15. The lowest BCUT2D eigenvalue weighted by atomic mass is 9.49. The summed E-state index contributed by atoms with van der Waals surface area (Å²) >= 11 is 0. The zero-order chi connectivity index (χ0) is 13.7. The zero-order valence-electron chi connectivity index (χ0n) is 12.6. The number of nitrogens with one attached hydrogen (secondary N) is 2. The molecule has 3 heteroatoms. The van der Waals surface area contributed by atoms with Crippen LogP contribution < -0.4 is 10.6 Å². The Morgan fingerprint density at radius 1 is 1.05 bits per heavy atom. The van der Waals surface area contributed by atoms with Crippen LogP contribution in [0.2, 0.25) is 0 Å². The van der Waals surface area contributed by atoms with E-state index >= 15 is 0 Å². The summed E-state index contributed by atoms with van der Waals surface area (Å²) < 4.78 is 0. The predicted octanol–water partition coefficient (Wildman–Crippen LogP) is 3.30. The van der Waals surface area contributed by atoms with Crippen molar-refractivity contribution in [2.24, 2.45) is 23.2 Å². The van der Waals surface area contributed by atoms with Crippen LogP contribution in [0.25, 0.3) is 0 Å². The molecule has 2 amide bonds. The first-order chi connectivity index (χ1) is 8.84. The average Bonchev–Trinajstić information content (AvgIpc) is 2.22. The van der Waals surface area contributed by atoms with E-state index in [0.29, 0.717) is 5.41 Å². The van der Waals surface area contributed by atoms with Gasteiger partial charge in [0.1, 0.15) is 0 Å². The van der Waals surface area contributed by atoms with Gasteiger partial charge in [0.2, 0.25) is 0 Å². The number of hydrogen-bond acceptors (Lipinski definition) is 1. The highest BCUT2D eigenvalue weighted by atomic mass is 16.2. The third-order valence-electron chi connectivity index (χ3n) is 5.28. The SMILES string of the molecule is CC(C)(C)NC(=O)NCC12CC3CC(CC(C3)C1)C2. The number of hydrogen-bond donors (Lipinski definition) is 2. The molecule has 0 radical (unpaired) electrons. The largest absolute Gasteiger partial charge is 0.338 e. The first-order valence-corrected chi connectivity index (χ1v) is 7.90. The molecule has 0 saturated heterocycles. The molecule has 4 saturated carbocycles. The molecule has 4 fully saturated rings. The van der Waals surface area contributed by atoms with Crippen LogP contribution in [-0.2, 0) is 0 Å². The minimum atomic E-state index is -0.147. The maximum atomic E-state index is 11.9. The number of urea groups is 1. The Hall–Kier alpha value is -0.730. The van der Waals surface area contributed by atoms with Gasteiger partial charge in [0.05, 0.1) is 0 Å². The molecule has 0 spiro atoms. The van der Waals surface area contributed by atoms with Crippen molar-refractivity contribution in [2.75, 3.05) is 6.54 Å². The van der Waals surface area contributed by atoms with Crippen molar-refractivity contribution in [3.63, 3.8) is 0 Å². The van der Waals surface area contributed by atoms with Gasteiger partial charge in [0.15, 0.2) is 0 Å². The molecular formula is C16H28N2O. The highest BCUT2D eigenvalue weighted by molar-refractivity contribution is 5.74. The van der Waals surface area contributed by atoms with E-state index in [4.69, 9.17) is 0 Å². The standard InChI is InChI=1S/C16H28N2O/c1-15(2,3)18-14(19)17-10-16-7-11-4-12(8-16)6-13(5-11)9-16/h11-13H,4-10H2,1-3H3,(H2,17,18,19). The minimum absolute atomic E-state index is 0.00301. The van der Waals surface area contributed by atoms with Gasteiger partial charge in [-0.05, 0) is 82.5 Å². The molecule has 0 aromatic heterocycles. The highest BCUT2D eigenvalue weighted by Gasteiger charge is 2.50. The summed E-state index contributed by atoms with van der Waals surface area (Å²) in [5.74, 6) is 2.87. The van der Waals surface area contributed by atoms with E-state index in [0.717, 1.165) is 24.3 Å². The van der Waals surface area contributed by atoms with Crippen LogP contribution in [-0.4, -0.2) is 18.1 Å². The fourth-order valence-electron chi connectivity index (χ4n) is 5.16. The van der Waals surface area contributed by atoms with Crippen molar-refractivity contribution >= 4 is 6.03 Å². The monoisotopic (exact) mass is 264 g/mol. The maximum Gasteiger partial charge on any atom is 0.315 e. The third kappa shape index (κ3) is 2.90. The Morgan fingerprint density at radius 3 is 1.95 bits per heavy atom. The molecule has 3 nitrogen and oxygen atoms in total. The second kappa shape index (κ2) is 4.39. The summed E-state index contributed by atoms with van der Waals surface area (Å²) in [6.07, 6.45) is 8.46. The summed E-state index contributed by atoms with van der Waals surface area (Å²) in [5.41, 5.74) is 0.287. The molecule has 0 atom stereocenters. The van der Waals surface area contributed by atoms with E-state index in [-0.39, 0.29) is 11.6 Å². The van der Waals surface area contributed by atoms with Crippen LogP contribution in [0, 0.1) is 23.2 Å². The Bertz CT molecular complexity index is 334. The van der Waals surface area contributed by atoms with Crippen molar-refractivity contribution in [1.82, 2.24) is 10.6 Å². The molecule has 108 valence electrons. The summed E-state index contributed by atoms with van der Waals surface area (Å²) in [6, 6.07) is 0.00301. The van der Waals surface area contributed by atoms with Crippen molar-refractivity contribution in [1.29, 1.82) is 0 Å². The molecule has 2 N–H and O–H groups in total. The van der Waals surface area contributed by atoms with Crippen molar-refractivity contribution < 1.29 is 4.79 Å². The molecule has 4 aliphatic carbocycles. The first-order valence-electron chi connectivity index (χ1n) is 7.90. The molecule has 0 unspecified atom stereocenters. The molecule has 0 aromatic rings. The van der Waals surface area contributed by atoms with E-state index in [1.54, 1.807) is 0 Å². The molecule has 19 heavy (non-hydrogen) atoms. The minimum Gasteiger partial charge on any atom is -0.338 e. The van der Waals surface area contributed by atoms with Gasteiger partial charge in [-0.1, -0.05) is 0 Å². The van der Waals surface area contributed by atoms with E-state index in [2.05, 4.69) is 10.6 Å². The fraction of sp³-hybridized carbons (Fsp3) is 0.938. The van der Waals surface area contributed by atoms with Crippen molar-refractivity contribution in [3.8, 4) is 0 Å². The van der Waals surface area contributed by atoms with Crippen LogP contribution in [0.4, 0.5) is 4.79 Å². The van der Waals surface area contributed by atoms with Gasteiger partial charge < -0.3 is 10.6 Å². The lowest BCUT2D eigenvalue weighted by Gasteiger charge is -2.56. The molecule has 0 heterocycles. The third-order valence-corrected chi connectivity index (χ3v) is 5.28. The first kappa shape index (κ1) is 13.3. The van der Waals surface area contributed by atoms with Gasteiger partial charge in [-0.15, -0.1) is 0 Å². The van der Waals surface area contributed by atoms with Gasteiger partial charge in [-0.25, -0.2) is 4.79 Å². The highest BCUT2D eigenvalue weighted by Crippen LogP contribution is 2.59. The molecule has 4 aliphatic rings. The van der Waals surface area contributed by atoms with Gasteiger partial charge in [0.25, 0.3) is 0 Å². The van der Waals surface area contributed by atoms with Gasteiger partial charge in [0, 0.05) is 12.1 Å². The Morgan fingerprint density at radius 2 is 1.53 bits per heavy atom. The summed E-state index contributed by atoms with van der Waals surface area (Å²) in [4.78, 5) is 11.9. The smallest absolute Gasteiger partial charge is 0.315 e. The summed E-state index contributed by atoms with van der Waals surface area (Å²) in [6.45, 7) is 6.96. The summed E-state index contributed by atoms with van der Waals surface area (Å²) in [7, 11) is 0. The Labute approximate surface area is 116 Å². The van der Waals surface area contributed by atoms with Crippen LogP contribution in [0.5, 0.6) is 0 Å². The number of carbonyl (C=O) groups is 1. The number of amides is 2. The van der Waals surface area contributed by atoms with E-state index in [1.165, 1.54) is 38.5 Å². The van der Waals surface area contributed by atoms with E-state index in [1.807, 2.05) is 20.8 Å². The molecule has 0 aromatic carbocycles. The van der Waals surface area contributed by atoms with Crippen molar-refractivity contribution in [2.45, 2.75) is 64.8 Å². The van der Waals surface area contributed by atoms with Crippen LogP contribution >= 0.6 is 0 Å². The maximum absolute atomic E-state index is 11.9. The Kier molecular flexibility index (Phi) is 3.06. The molecule has 4 rings (SSSR count). The second-order valence-electron chi connectivity index (χ2n) is 8.48. The topological polar surface area (TPSA) is 41.1 Å². The molecule has 0 aliphatic heterocycles. The molecule has 4 bridgehead atoms. The van der Waals surface area contributed by atoms with Gasteiger partial charge in [-0.2, -0.15) is 0 Å². The van der Waals surface area contributed by atoms with Gasteiger partial charge in [-0.3, -0.25) is 0 Å². The van der Waals surface area contributed by atoms with Crippen molar-refractivity contribution in [3.05, 3.63) is 0 Å². The molecular weight excluding hydrogens is 236 g/mol. The lowest BCUT2D eigenvalue weighted by molar-refractivity contribution is -0.0499. The fourth-order valence-corrected chi connectivity index (χ4v) is 5.16. The Balaban J connectivity index is 1.57. The number of carbonyl (C=O) groups excluding carboxylic acids is 1. The lowest BCUT2D eigenvalue weighted by Crippen LogP contribution is -2.54. The van der Waals surface area contributed by atoms with E-state index in [9.17, 15) is 4.79 Å². The van der Waals surface area contributed by atoms with E-state index < -0.39 is 0 Å². The quantitative estimate of drug-likeness (QED) is 0.789. The average molecular weight is 264 g/mol.